The highest BCUT2D eigenvalue weighted by molar-refractivity contribution is 5.86. The summed E-state index contributed by atoms with van der Waals surface area (Å²) in [6, 6.07) is 10.8. The molecule has 2 aliphatic rings. The van der Waals surface area contributed by atoms with Crippen LogP contribution >= 0.6 is 0 Å². The van der Waals surface area contributed by atoms with Gasteiger partial charge in [-0.3, -0.25) is 14.7 Å². The molecule has 8 nitrogen and oxygen atoms in total. The van der Waals surface area contributed by atoms with Crippen LogP contribution in [-0.4, -0.2) is 63.4 Å². The number of carboxylic acids is 1. The van der Waals surface area contributed by atoms with Crippen LogP contribution < -0.4 is 9.64 Å². The number of benzene rings is 1. The van der Waals surface area contributed by atoms with Crippen molar-refractivity contribution < 1.29 is 19.7 Å². The Morgan fingerprint density at radius 1 is 1.02 bits per heavy atom. The summed E-state index contributed by atoms with van der Waals surface area (Å²) in [5, 5.41) is 18.3. The van der Waals surface area contributed by atoms with Gasteiger partial charge in [0.2, 0.25) is 5.88 Å². The second-order valence-electron chi connectivity index (χ2n) is 14.0. The van der Waals surface area contributed by atoms with Crippen molar-refractivity contribution in [2.24, 2.45) is 5.41 Å². The number of pyridine rings is 2. The minimum absolute atomic E-state index is 0.0124. The van der Waals surface area contributed by atoms with Gasteiger partial charge < -0.3 is 19.8 Å². The Balaban J connectivity index is 0.000000818. The molecule has 0 aliphatic carbocycles. The fourth-order valence-corrected chi connectivity index (χ4v) is 6.05. The predicted molar refractivity (Wildman–Crippen MR) is 176 cm³/mol. The maximum atomic E-state index is 11.9. The third-order valence-corrected chi connectivity index (χ3v) is 8.42. The number of aryl methyl sites for hydroxylation is 2. The first kappa shape index (κ1) is 33.4. The zero-order valence-corrected chi connectivity index (χ0v) is 27.8. The fourth-order valence-electron chi connectivity index (χ4n) is 6.05. The van der Waals surface area contributed by atoms with Gasteiger partial charge in [0.15, 0.2) is 0 Å². The average molecular weight is 603 g/mol. The van der Waals surface area contributed by atoms with Crippen molar-refractivity contribution in [3.63, 3.8) is 0 Å². The molecule has 2 N–H and O–H groups in total. The number of carbonyl (C=O) groups is 1. The van der Waals surface area contributed by atoms with Crippen LogP contribution in [0.2, 0.25) is 0 Å². The van der Waals surface area contributed by atoms with Crippen molar-refractivity contribution in [2.45, 2.75) is 92.8 Å². The van der Waals surface area contributed by atoms with E-state index in [-0.39, 0.29) is 6.42 Å². The molecule has 4 heterocycles. The average Bonchev–Trinajstić information content (AvgIpc) is 2.93. The van der Waals surface area contributed by atoms with Crippen molar-refractivity contribution in [3.8, 4) is 17.0 Å². The first-order chi connectivity index (χ1) is 20.6. The number of methoxy groups -OCH3 is 1. The molecule has 1 saturated heterocycles. The Labute approximate surface area is 263 Å². The van der Waals surface area contributed by atoms with Crippen molar-refractivity contribution in [1.82, 2.24) is 14.9 Å². The molecule has 44 heavy (non-hydrogen) atoms. The molecule has 238 valence electrons. The summed E-state index contributed by atoms with van der Waals surface area (Å²) < 4.78 is 5.19. The number of hydrogen-bond acceptors (Lipinski definition) is 7. The van der Waals surface area contributed by atoms with E-state index in [2.05, 4.69) is 59.8 Å². The number of ether oxygens (including phenoxy) is 1. The SMILES string of the molecule is CC(C)(C)O.COc1ccc(CN2CCc3cc(-c4c(C)nc(C)c(CC(=O)O)c4N4CCC(C)(C)CC4)ccc3C2)cn1. The van der Waals surface area contributed by atoms with Crippen LogP contribution in [0.1, 0.15) is 81.1 Å². The summed E-state index contributed by atoms with van der Waals surface area (Å²) in [4.78, 5) is 26.0. The van der Waals surface area contributed by atoms with Gasteiger partial charge >= 0.3 is 5.97 Å². The number of nitrogens with zero attached hydrogens (tertiary/aromatic N) is 4. The quantitative estimate of drug-likeness (QED) is 0.323. The van der Waals surface area contributed by atoms with Gasteiger partial charge in [-0.1, -0.05) is 38.1 Å². The van der Waals surface area contributed by atoms with Gasteiger partial charge in [0.05, 0.1) is 24.8 Å². The zero-order valence-electron chi connectivity index (χ0n) is 27.8. The third-order valence-electron chi connectivity index (χ3n) is 8.42. The zero-order chi connectivity index (χ0) is 32.2. The van der Waals surface area contributed by atoms with Crippen molar-refractivity contribution >= 4 is 11.7 Å². The van der Waals surface area contributed by atoms with Crippen LogP contribution in [0.15, 0.2) is 36.5 Å². The number of piperidine rings is 1. The third kappa shape index (κ3) is 8.79. The first-order valence-corrected chi connectivity index (χ1v) is 15.7. The number of anilines is 1. The van der Waals surface area contributed by atoms with Crippen molar-refractivity contribution in [3.05, 3.63) is 70.2 Å². The Morgan fingerprint density at radius 3 is 2.30 bits per heavy atom. The lowest BCUT2D eigenvalue weighted by Gasteiger charge is -2.40. The molecule has 0 radical (unpaired) electrons. The van der Waals surface area contributed by atoms with Gasteiger partial charge in [-0.25, -0.2) is 4.98 Å². The Hall–Kier alpha value is -3.49. The second kappa shape index (κ2) is 13.7. The molecule has 0 atom stereocenters. The highest BCUT2D eigenvalue weighted by atomic mass is 16.5. The monoisotopic (exact) mass is 602 g/mol. The van der Waals surface area contributed by atoms with E-state index >= 15 is 0 Å². The molecule has 0 bridgehead atoms. The summed E-state index contributed by atoms with van der Waals surface area (Å²) >= 11 is 0. The predicted octanol–water partition coefficient (Wildman–Crippen LogP) is 6.36. The Bertz CT molecular complexity index is 1440. The summed E-state index contributed by atoms with van der Waals surface area (Å²) in [6.45, 7) is 18.5. The molecule has 8 heteroatoms. The molecule has 0 saturated carbocycles. The molecular formula is C36H50N4O4. The van der Waals surface area contributed by atoms with Gasteiger partial charge in [-0.2, -0.15) is 0 Å². The molecule has 1 fully saturated rings. The number of hydrogen-bond donors (Lipinski definition) is 2. The highest BCUT2D eigenvalue weighted by Gasteiger charge is 2.30. The highest BCUT2D eigenvalue weighted by Crippen LogP contribution is 2.42. The molecule has 5 rings (SSSR count). The van der Waals surface area contributed by atoms with Gasteiger partial charge in [0, 0.05) is 67.5 Å². The van der Waals surface area contributed by atoms with Crippen LogP contribution in [0, 0.1) is 19.3 Å². The van der Waals surface area contributed by atoms with E-state index < -0.39 is 11.6 Å². The maximum absolute atomic E-state index is 11.9. The largest absolute Gasteiger partial charge is 0.481 e. The van der Waals surface area contributed by atoms with E-state index in [0.717, 1.165) is 85.8 Å². The smallest absolute Gasteiger partial charge is 0.307 e. The van der Waals surface area contributed by atoms with Crippen molar-refractivity contribution in [1.29, 1.82) is 0 Å². The summed E-state index contributed by atoms with van der Waals surface area (Å²) in [5.41, 5.74) is 9.62. The van der Waals surface area contributed by atoms with E-state index in [1.165, 1.54) is 16.7 Å². The Kier molecular flexibility index (Phi) is 10.4. The van der Waals surface area contributed by atoms with Gasteiger partial charge in [0.1, 0.15) is 0 Å². The molecule has 3 aromatic rings. The lowest BCUT2D eigenvalue weighted by Crippen LogP contribution is -2.38. The Morgan fingerprint density at radius 2 is 1.70 bits per heavy atom. The standard InChI is InChI=1S/C32H40N4O3.C4H10O/c1-21-27(17-29(37)38)31(36-14-11-32(3,4)12-15-36)30(22(2)34-21)25-7-8-26-20-35(13-10-24(26)16-25)19-23-6-9-28(39-5)33-18-23;1-4(2,3)5/h6-9,16,18H,10-15,17,19-20H2,1-5H3,(H,37,38);5H,1-3H3. The first-order valence-electron chi connectivity index (χ1n) is 15.7. The number of rotatable bonds is 7. The molecule has 0 unspecified atom stereocenters. The summed E-state index contributed by atoms with van der Waals surface area (Å²) in [5.74, 6) is -0.179. The van der Waals surface area contributed by atoms with Crippen LogP contribution in [0.25, 0.3) is 11.1 Å². The number of fused-ring (bicyclic) bond motifs is 1. The molecule has 1 aromatic carbocycles. The lowest BCUT2D eigenvalue weighted by molar-refractivity contribution is -0.136. The van der Waals surface area contributed by atoms with Gasteiger partial charge in [0.25, 0.3) is 0 Å². The van der Waals surface area contributed by atoms with Crippen LogP contribution in [0.4, 0.5) is 5.69 Å². The van der Waals surface area contributed by atoms with Crippen LogP contribution in [-0.2, 0) is 30.7 Å². The topological polar surface area (TPSA) is 99.0 Å². The molecule has 2 aromatic heterocycles. The number of aromatic nitrogens is 2. The number of carboxylic acid groups (broad SMARTS) is 1. The van der Waals surface area contributed by atoms with E-state index in [9.17, 15) is 9.90 Å². The second-order valence-corrected chi connectivity index (χ2v) is 14.0. The van der Waals surface area contributed by atoms with E-state index in [4.69, 9.17) is 14.8 Å². The molecular weight excluding hydrogens is 552 g/mol. The minimum atomic E-state index is -0.814. The molecule has 0 spiro atoms. The minimum Gasteiger partial charge on any atom is -0.481 e. The molecule has 2 aliphatic heterocycles. The summed E-state index contributed by atoms with van der Waals surface area (Å²) in [7, 11) is 1.63. The van der Waals surface area contributed by atoms with E-state index in [0.29, 0.717) is 11.3 Å². The maximum Gasteiger partial charge on any atom is 0.307 e. The molecule has 0 amide bonds. The van der Waals surface area contributed by atoms with E-state index in [1.807, 2.05) is 19.2 Å². The van der Waals surface area contributed by atoms with E-state index in [1.54, 1.807) is 27.9 Å². The van der Waals surface area contributed by atoms with Crippen LogP contribution in [0.5, 0.6) is 5.88 Å². The van der Waals surface area contributed by atoms with Crippen molar-refractivity contribution in [2.75, 3.05) is 31.6 Å². The number of aliphatic carboxylic acids is 1. The summed E-state index contributed by atoms with van der Waals surface area (Å²) in [6.07, 6.45) is 5.02. The normalized spacial score (nSPS) is 16.5. The van der Waals surface area contributed by atoms with Gasteiger partial charge in [-0.05, 0) is 81.5 Å². The number of aliphatic hydroxyl groups is 1. The lowest BCUT2D eigenvalue weighted by atomic mass is 9.82. The van der Waals surface area contributed by atoms with Gasteiger partial charge in [-0.15, -0.1) is 0 Å². The fraction of sp³-hybridized carbons (Fsp3) is 0.528. The van der Waals surface area contributed by atoms with Crippen LogP contribution in [0.3, 0.4) is 0 Å².